The van der Waals surface area contributed by atoms with E-state index >= 15 is 0 Å². The number of rotatable bonds is 7. The average Bonchev–Trinajstić information content (AvgIpc) is 2.82. The Morgan fingerprint density at radius 1 is 1.32 bits per heavy atom. The van der Waals surface area contributed by atoms with Gasteiger partial charge in [0.1, 0.15) is 5.75 Å². The first-order chi connectivity index (χ1) is 9.11. The van der Waals surface area contributed by atoms with Gasteiger partial charge in [0.05, 0.1) is 12.4 Å². The summed E-state index contributed by atoms with van der Waals surface area (Å²) in [6.45, 7) is 2.72. The van der Waals surface area contributed by atoms with Crippen molar-refractivity contribution in [3.8, 4) is 17.2 Å². The van der Waals surface area contributed by atoms with E-state index in [1.54, 1.807) is 25.1 Å². The summed E-state index contributed by atoms with van der Waals surface area (Å²) in [5.74, 6) is 2.05. The van der Waals surface area contributed by atoms with E-state index in [0.717, 1.165) is 0 Å². The van der Waals surface area contributed by atoms with Gasteiger partial charge in [0.2, 0.25) is 16.8 Å². The lowest BCUT2D eigenvalue weighted by Gasteiger charge is -2.07. The Morgan fingerprint density at radius 3 is 2.89 bits per heavy atom. The number of fused-ring (bicyclic) bond motifs is 1. The monoisotopic (exact) mass is 287 g/mol. The van der Waals surface area contributed by atoms with E-state index < -0.39 is 10.0 Å². The number of hydrogen-bond donors (Lipinski definition) is 1. The summed E-state index contributed by atoms with van der Waals surface area (Å²) >= 11 is 0. The zero-order chi connectivity index (χ0) is 13.7. The van der Waals surface area contributed by atoms with Crippen LogP contribution in [0.5, 0.6) is 17.2 Å². The third-order valence-corrected chi connectivity index (χ3v) is 4.09. The van der Waals surface area contributed by atoms with Crippen LogP contribution < -0.4 is 18.9 Å². The summed E-state index contributed by atoms with van der Waals surface area (Å²) in [5.41, 5.74) is 0. The van der Waals surface area contributed by atoms with E-state index in [-0.39, 0.29) is 12.5 Å². The highest BCUT2D eigenvalue weighted by molar-refractivity contribution is 7.89. The maximum atomic E-state index is 11.4. The topological polar surface area (TPSA) is 73.9 Å². The summed E-state index contributed by atoms with van der Waals surface area (Å²) in [7, 11) is -3.17. The molecule has 1 aliphatic heterocycles. The number of ether oxygens (including phenoxy) is 3. The minimum atomic E-state index is -3.17. The molecule has 0 saturated heterocycles. The van der Waals surface area contributed by atoms with Crippen molar-refractivity contribution < 1.29 is 22.6 Å². The SMILES string of the molecule is CCNS(=O)(=O)CCCOc1ccc2c(c1)OCO2. The Hall–Kier alpha value is -1.47. The Balaban J connectivity index is 1.77. The van der Waals surface area contributed by atoms with Crippen molar-refractivity contribution in [2.75, 3.05) is 25.7 Å². The highest BCUT2D eigenvalue weighted by atomic mass is 32.2. The van der Waals surface area contributed by atoms with Crippen LogP contribution in [-0.4, -0.2) is 34.1 Å². The van der Waals surface area contributed by atoms with Crippen LogP contribution in [0, 0.1) is 0 Å². The van der Waals surface area contributed by atoms with Gasteiger partial charge in [0.25, 0.3) is 0 Å². The molecule has 0 radical (unpaired) electrons. The van der Waals surface area contributed by atoms with Crippen molar-refractivity contribution >= 4 is 10.0 Å². The van der Waals surface area contributed by atoms with Gasteiger partial charge in [-0.15, -0.1) is 0 Å². The van der Waals surface area contributed by atoms with E-state index in [1.165, 1.54) is 0 Å². The molecule has 0 bridgehead atoms. The second-order valence-electron chi connectivity index (χ2n) is 4.03. The molecule has 1 N–H and O–H groups in total. The number of hydrogen-bond acceptors (Lipinski definition) is 5. The molecule has 0 atom stereocenters. The second kappa shape index (κ2) is 6.12. The molecule has 0 aromatic heterocycles. The smallest absolute Gasteiger partial charge is 0.231 e. The van der Waals surface area contributed by atoms with Crippen molar-refractivity contribution in [3.63, 3.8) is 0 Å². The molecule has 0 saturated carbocycles. The van der Waals surface area contributed by atoms with Crippen LogP contribution in [0.25, 0.3) is 0 Å². The summed E-state index contributed by atoms with van der Waals surface area (Å²) in [6, 6.07) is 5.28. The van der Waals surface area contributed by atoms with E-state index in [1.807, 2.05) is 0 Å². The molecule has 0 amide bonds. The van der Waals surface area contributed by atoms with Crippen molar-refractivity contribution in [1.29, 1.82) is 0 Å². The van der Waals surface area contributed by atoms with Gasteiger partial charge in [0.15, 0.2) is 11.5 Å². The fourth-order valence-electron chi connectivity index (χ4n) is 1.70. The quantitative estimate of drug-likeness (QED) is 0.761. The molecule has 1 aromatic rings. The summed E-state index contributed by atoms with van der Waals surface area (Å²) in [5, 5.41) is 0. The van der Waals surface area contributed by atoms with Gasteiger partial charge >= 0.3 is 0 Å². The van der Waals surface area contributed by atoms with Crippen LogP contribution in [0.15, 0.2) is 18.2 Å². The van der Waals surface area contributed by atoms with Crippen LogP contribution in [0.1, 0.15) is 13.3 Å². The van der Waals surface area contributed by atoms with E-state index in [9.17, 15) is 8.42 Å². The Labute approximate surface area is 112 Å². The van der Waals surface area contributed by atoms with Gasteiger partial charge < -0.3 is 14.2 Å². The number of nitrogens with one attached hydrogen (secondary N) is 1. The summed E-state index contributed by atoms with van der Waals surface area (Å²) < 4.78 is 41.1. The van der Waals surface area contributed by atoms with Crippen molar-refractivity contribution in [3.05, 3.63) is 18.2 Å². The van der Waals surface area contributed by atoms with Gasteiger partial charge in [-0.05, 0) is 18.6 Å². The summed E-state index contributed by atoms with van der Waals surface area (Å²) in [6.07, 6.45) is 0.434. The molecule has 0 spiro atoms. The van der Waals surface area contributed by atoms with Crippen LogP contribution in [0.3, 0.4) is 0 Å². The number of benzene rings is 1. The largest absolute Gasteiger partial charge is 0.493 e. The molecule has 1 aromatic carbocycles. The lowest BCUT2D eigenvalue weighted by atomic mass is 10.3. The zero-order valence-electron chi connectivity index (χ0n) is 10.7. The predicted molar refractivity (Wildman–Crippen MR) is 70.1 cm³/mol. The molecular formula is C12H17NO5S. The van der Waals surface area contributed by atoms with Gasteiger partial charge in [0, 0.05) is 12.6 Å². The standard InChI is InChI=1S/C12H17NO5S/c1-2-13-19(14,15)7-3-6-16-10-4-5-11-12(8-10)18-9-17-11/h4-5,8,13H,2-3,6-7,9H2,1H3. The molecule has 0 unspecified atom stereocenters. The Morgan fingerprint density at radius 2 is 2.11 bits per heavy atom. The van der Waals surface area contributed by atoms with Gasteiger partial charge in [-0.3, -0.25) is 0 Å². The Kier molecular flexibility index (Phi) is 4.49. The van der Waals surface area contributed by atoms with Crippen LogP contribution in [0.4, 0.5) is 0 Å². The molecule has 0 aliphatic carbocycles. The molecule has 0 fully saturated rings. The molecule has 6 nitrogen and oxygen atoms in total. The maximum Gasteiger partial charge on any atom is 0.231 e. The van der Waals surface area contributed by atoms with Gasteiger partial charge in [-0.1, -0.05) is 6.92 Å². The Bertz CT molecular complexity index is 529. The van der Waals surface area contributed by atoms with E-state index in [0.29, 0.717) is 36.8 Å². The average molecular weight is 287 g/mol. The third-order valence-electron chi connectivity index (χ3n) is 2.53. The van der Waals surface area contributed by atoms with Crippen LogP contribution in [-0.2, 0) is 10.0 Å². The van der Waals surface area contributed by atoms with Crippen molar-refractivity contribution in [2.24, 2.45) is 0 Å². The minimum Gasteiger partial charge on any atom is -0.493 e. The first kappa shape index (κ1) is 14.0. The fraction of sp³-hybridized carbons (Fsp3) is 0.500. The summed E-state index contributed by atoms with van der Waals surface area (Å²) in [4.78, 5) is 0. The zero-order valence-corrected chi connectivity index (χ0v) is 11.5. The number of sulfonamides is 1. The fourth-order valence-corrected chi connectivity index (χ4v) is 2.78. The van der Waals surface area contributed by atoms with Crippen molar-refractivity contribution in [2.45, 2.75) is 13.3 Å². The predicted octanol–water partition coefficient (Wildman–Crippen LogP) is 1.12. The van der Waals surface area contributed by atoms with Gasteiger partial charge in [-0.25, -0.2) is 13.1 Å². The highest BCUT2D eigenvalue weighted by Crippen LogP contribution is 2.35. The third kappa shape index (κ3) is 4.00. The molecule has 106 valence electrons. The van der Waals surface area contributed by atoms with Crippen molar-refractivity contribution in [1.82, 2.24) is 4.72 Å². The minimum absolute atomic E-state index is 0.0609. The molecule has 7 heteroatoms. The molecule has 19 heavy (non-hydrogen) atoms. The normalized spacial score (nSPS) is 13.5. The lowest BCUT2D eigenvalue weighted by Crippen LogP contribution is -2.26. The van der Waals surface area contributed by atoms with Crippen LogP contribution >= 0.6 is 0 Å². The van der Waals surface area contributed by atoms with E-state index in [4.69, 9.17) is 14.2 Å². The first-order valence-corrected chi connectivity index (χ1v) is 7.76. The van der Waals surface area contributed by atoms with Gasteiger partial charge in [-0.2, -0.15) is 0 Å². The second-order valence-corrected chi connectivity index (χ2v) is 5.96. The lowest BCUT2D eigenvalue weighted by molar-refractivity contribution is 0.173. The molecule has 1 heterocycles. The highest BCUT2D eigenvalue weighted by Gasteiger charge is 2.14. The molecular weight excluding hydrogens is 270 g/mol. The van der Waals surface area contributed by atoms with E-state index in [2.05, 4.69) is 4.72 Å². The van der Waals surface area contributed by atoms with Crippen LogP contribution in [0.2, 0.25) is 0 Å². The first-order valence-electron chi connectivity index (χ1n) is 6.10. The molecule has 1 aliphatic rings. The maximum absolute atomic E-state index is 11.4. The molecule has 2 rings (SSSR count).